The Morgan fingerprint density at radius 3 is 2.60 bits per heavy atom. The standard InChI is InChI=1S/C21H22ClN5O5S3/c1-10-9-33-19(24-10)16-14-15(25(2)21(29)26(3)20(14)28)17-18(12-5-6-13(22)32-12)34-11(8-27(16)17)7-23-35(4,30)31/h5-6,9,11,18,23H,7-8H2,1-4H3/t11-,18+/m0/s1. The van der Waals surface area contributed by atoms with Gasteiger partial charge in [-0.05, 0) is 30.7 Å². The van der Waals surface area contributed by atoms with Crippen molar-refractivity contribution < 1.29 is 12.8 Å². The van der Waals surface area contributed by atoms with Crippen molar-refractivity contribution >= 4 is 55.6 Å². The zero-order valence-electron chi connectivity index (χ0n) is 19.2. The topological polar surface area (TPSA) is 121 Å². The van der Waals surface area contributed by atoms with E-state index >= 15 is 0 Å². The van der Waals surface area contributed by atoms with Crippen LogP contribution >= 0.6 is 34.7 Å². The largest absolute Gasteiger partial charge is 0.448 e. The van der Waals surface area contributed by atoms with E-state index in [-0.39, 0.29) is 17.0 Å². The third kappa shape index (κ3) is 4.18. The van der Waals surface area contributed by atoms with Gasteiger partial charge < -0.3 is 8.98 Å². The SMILES string of the molecule is Cc1csc(-c2c3c(=O)n(C)c(=O)n(C)c3c3n2C[C@H](CNS(C)(=O)=O)S[C@@H]3c2ccc(Cl)o2)n1. The van der Waals surface area contributed by atoms with Crippen LogP contribution in [0.3, 0.4) is 0 Å². The monoisotopic (exact) mass is 555 g/mol. The Balaban J connectivity index is 1.86. The number of halogens is 1. The van der Waals surface area contributed by atoms with Gasteiger partial charge >= 0.3 is 5.69 Å². The number of aryl methyl sites for hydroxylation is 2. The van der Waals surface area contributed by atoms with Crippen LogP contribution in [0.15, 0.2) is 31.5 Å². The summed E-state index contributed by atoms with van der Waals surface area (Å²) in [6.07, 6.45) is 1.11. The molecule has 5 heterocycles. The van der Waals surface area contributed by atoms with Crippen molar-refractivity contribution in [1.29, 1.82) is 0 Å². The summed E-state index contributed by atoms with van der Waals surface area (Å²) in [5.41, 5.74) is 1.77. The third-order valence-corrected chi connectivity index (χ3v) is 9.20. The number of rotatable bonds is 5. The van der Waals surface area contributed by atoms with Crippen molar-refractivity contribution in [3.8, 4) is 10.7 Å². The van der Waals surface area contributed by atoms with E-state index in [4.69, 9.17) is 16.0 Å². The lowest BCUT2D eigenvalue weighted by atomic mass is 10.2. The van der Waals surface area contributed by atoms with Gasteiger partial charge in [0.25, 0.3) is 5.56 Å². The first-order chi connectivity index (χ1) is 16.5. The predicted molar refractivity (Wildman–Crippen MR) is 138 cm³/mol. The van der Waals surface area contributed by atoms with Crippen LogP contribution in [0.5, 0.6) is 0 Å². The van der Waals surface area contributed by atoms with E-state index in [0.29, 0.717) is 39.6 Å². The van der Waals surface area contributed by atoms with Crippen LogP contribution in [0.25, 0.3) is 21.6 Å². The van der Waals surface area contributed by atoms with Gasteiger partial charge in [0.2, 0.25) is 10.0 Å². The molecule has 0 amide bonds. The summed E-state index contributed by atoms with van der Waals surface area (Å²) in [4.78, 5) is 31.1. The highest BCUT2D eigenvalue weighted by molar-refractivity contribution is 8.00. The Kier molecular flexibility index (Phi) is 6.03. The second-order valence-corrected chi connectivity index (χ2v) is 12.9. The van der Waals surface area contributed by atoms with E-state index in [1.54, 1.807) is 19.2 Å². The van der Waals surface area contributed by atoms with Crippen LogP contribution in [0.2, 0.25) is 5.22 Å². The normalized spacial score (nSPS) is 18.3. The number of nitrogens with one attached hydrogen (secondary N) is 1. The zero-order chi connectivity index (χ0) is 25.2. The summed E-state index contributed by atoms with van der Waals surface area (Å²) in [7, 11) is -0.325. The van der Waals surface area contributed by atoms with Crippen molar-refractivity contribution in [2.24, 2.45) is 14.1 Å². The Bertz CT molecular complexity index is 1690. The molecule has 0 spiro atoms. The number of aromatic nitrogens is 4. The lowest BCUT2D eigenvalue weighted by Gasteiger charge is -2.31. The molecular weight excluding hydrogens is 534 g/mol. The molecule has 1 aliphatic rings. The Morgan fingerprint density at radius 2 is 2.00 bits per heavy atom. The average molecular weight is 556 g/mol. The van der Waals surface area contributed by atoms with Crippen molar-refractivity contribution in [2.45, 2.75) is 24.0 Å². The summed E-state index contributed by atoms with van der Waals surface area (Å²) in [6.45, 7) is 2.45. The molecule has 1 N–H and O–H groups in total. The van der Waals surface area contributed by atoms with Crippen LogP contribution in [0.4, 0.5) is 0 Å². The van der Waals surface area contributed by atoms with Gasteiger partial charge in [-0.1, -0.05) is 0 Å². The first-order valence-electron chi connectivity index (χ1n) is 10.6. The van der Waals surface area contributed by atoms with E-state index in [9.17, 15) is 18.0 Å². The fourth-order valence-electron chi connectivity index (χ4n) is 4.41. The van der Waals surface area contributed by atoms with Crippen molar-refractivity contribution in [3.05, 3.63) is 60.7 Å². The number of hydrogen-bond donors (Lipinski definition) is 1. The van der Waals surface area contributed by atoms with Gasteiger partial charge in [0.1, 0.15) is 16.0 Å². The Labute approximate surface area is 213 Å². The Hall–Kier alpha value is -2.32. The molecule has 35 heavy (non-hydrogen) atoms. The molecule has 1 aliphatic heterocycles. The number of thioether (sulfide) groups is 1. The second-order valence-electron chi connectivity index (χ2n) is 8.47. The molecule has 0 aliphatic carbocycles. The minimum atomic E-state index is -3.41. The van der Waals surface area contributed by atoms with Crippen molar-refractivity contribution in [3.63, 3.8) is 0 Å². The molecule has 186 valence electrons. The van der Waals surface area contributed by atoms with E-state index in [1.807, 2.05) is 16.9 Å². The smallest absolute Gasteiger partial charge is 0.331 e. The molecule has 0 saturated heterocycles. The molecule has 0 unspecified atom stereocenters. The van der Waals surface area contributed by atoms with Gasteiger partial charge in [0.15, 0.2) is 5.22 Å². The van der Waals surface area contributed by atoms with E-state index in [1.165, 1.54) is 34.7 Å². The summed E-state index contributed by atoms with van der Waals surface area (Å²) < 4.78 is 36.5. The van der Waals surface area contributed by atoms with Crippen LogP contribution in [0.1, 0.15) is 22.4 Å². The van der Waals surface area contributed by atoms with Gasteiger partial charge in [-0.3, -0.25) is 13.9 Å². The number of nitrogens with zero attached hydrogens (tertiary/aromatic N) is 4. The van der Waals surface area contributed by atoms with Crippen LogP contribution in [-0.4, -0.2) is 45.2 Å². The van der Waals surface area contributed by atoms with E-state index < -0.39 is 26.5 Å². The van der Waals surface area contributed by atoms with Crippen LogP contribution in [-0.2, 0) is 30.7 Å². The lowest BCUT2D eigenvalue weighted by Crippen LogP contribution is -2.37. The molecule has 2 atom stereocenters. The number of furan rings is 1. The number of sulfonamides is 1. The van der Waals surface area contributed by atoms with Gasteiger partial charge in [0.05, 0.1) is 28.5 Å². The molecule has 0 aromatic carbocycles. The minimum Gasteiger partial charge on any atom is -0.448 e. The number of hydrogen-bond acceptors (Lipinski definition) is 8. The average Bonchev–Trinajstić information content (AvgIpc) is 3.50. The van der Waals surface area contributed by atoms with Crippen LogP contribution < -0.4 is 16.0 Å². The molecule has 5 rings (SSSR count). The minimum absolute atomic E-state index is 0.176. The molecule has 0 saturated carbocycles. The van der Waals surface area contributed by atoms with E-state index in [0.717, 1.165) is 16.5 Å². The summed E-state index contributed by atoms with van der Waals surface area (Å²) in [6, 6.07) is 3.39. The highest BCUT2D eigenvalue weighted by Crippen LogP contribution is 2.49. The second kappa shape index (κ2) is 8.66. The zero-order valence-corrected chi connectivity index (χ0v) is 22.4. The first-order valence-corrected chi connectivity index (χ1v) is 14.7. The summed E-state index contributed by atoms with van der Waals surface area (Å²) >= 11 is 9.00. The molecule has 14 heteroatoms. The van der Waals surface area contributed by atoms with Crippen molar-refractivity contribution in [2.75, 3.05) is 12.8 Å². The Morgan fingerprint density at radius 1 is 1.26 bits per heavy atom. The van der Waals surface area contributed by atoms with Gasteiger partial charge in [0, 0.05) is 43.5 Å². The molecule has 10 nitrogen and oxygen atoms in total. The predicted octanol–water partition coefficient (Wildman–Crippen LogP) is 2.47. The number of fused-ring (bicyclic) bond motifs is 3. The highest BCUT2D eigenvalue weighted by Gasteiger charge is 2.38. The highest BCUT2D eigenvalue weighted by atomic mass is 35.5. The maximum atomic E-state index is 13.5. The number of thiazole rings is 1. The van der Waals surface area contributed by atoms with Gasteiger partial charge in [-0.25, -0.2) is 22.9 Å². The fourth-order valence-corrected chi connectivity index (χ4v) is 7.46. The van der Waals surface area contributed by atoms with Gasteiger partial charge in [-0.15, -0.1) is 23.1 Å². The third-order valence-electron chi connectivity index (χ3n) is 5.91. The maximum absolute atomic E-state index is 13.5. The molecular formula is C21H22ClN5O5S3. The molecule has 4 aromatic heterocycles. The van der Waals surface area contributed by atoms with E-state index in [2.05, 4.69) is 9.71 Å². The molecule has 0 bridgehead atoms. The molecule has 4 aromatic rings. The molecule has 0 fully saturated rings. The summed E-state index contributed by atoms with van der Waals surface area (Å²) in [5.74, 6) is 0.541. The quantitative estimate of drug-likeness (QED) is 0.401. The van der Waals surface area contributed by atoms with Gasteiger partial charge in [-0.2, -0.15) is 0 Å². The maximum Gasteiger partial charge on any atom is 0.331 e. The van der Waals surface area contributed by atoms with Crippen LogP contribution in [0, 0.1) is 6.92 Å². The molecule has 0 radical (unpaired) electrons. The fraction of sp³-hybridized carbons (Fsp3) is 0.381. The van der Waals surface area contributed by atoms with Crippen molar-refractivity contribution in [1.82, 2.24) is 23.4 Å². The first kappa shape index (κ1) is 24.4. The summed E-state index contributed by atoms with van der Waals surface area (Å²) in [5, 5.41) is 2.50. The lowest BCUT2D eigenvalue weighted by molar-refractivity contribution is 0.504.